The second-order valence-electron chi connectivity index (χ2n) is 1.53. The molecule has 0 aromatic carbocycles. The first-order chi connectivity index (χ1) is 3.70. The summed E-state index contributed by atoms with van der Waals surface area (Å²) < 4.78 is 1.39. The van der Waals surface area contributed by atoms with Crippen molar-refractivity contribution >= 4 is 0 Å². The number of hydrogen-bond acceptors (Lipinski definition) is 2. The van der Waals surface area contributed by atoms with E-state index in [1.54, 1.807) is 14.1 Å². The Morgan fingerprint density at radius 1 is 1.88 bits per heavy atom. The number of rotatable bonds is 0. The molecule has 0 fully saturated rings. The molecule has 1 N–H and O–H groups in total. The van der Waals surface area contributed by atoms with Crippen LogP contribution in [0, 0.1) is 5.41 Å². The summed E-state index contributed by atoms with van der Waals surface area (Å²) in [6.45, 7) is 0. The second-order valence-corrected chi connectivity index (χ2v) is 1.53. The highest BCUT2D eigenvalue weighted by molar-refractivity contribution is 4.28. The van der Waals surface area contributed by atoms with E-state index in [1.807, 2.05) is 0 Å². The summed E-state index contributed by atoms with van der Waals surface area (Å²) in [7, 11) is 3.35. The van der Waals surface area contributed by atoms with E-state index >= 15 is 0 Å². The van der Waals surface area contributed by atoms with Crippen molar-refractivity contribution in [1.82, 2.24) is 15.0 Å². The molecule has 0 aliphatic rings. The molecule has 0 bridgehead atoms. The van der Waals surface area contributed by atoms with Crippen molar-refractivity contribution in [3.63, 3.8) is 0 Å². The Balaban J connectivity index is 3.35. The van der Waals surface area contributed by atoms with Crippen molar-refractivity contribution in [3.05, 3.63) is 5.62 Å². The van der Waals surface area contributed by atoms with Crippen LogP contribution in [0.25, 0.3) is 0 Å². The van der Waals surface area contributed by atoms with Crippen molar-refractivity contribution in [2.75, 3.05) is 0 Å². The maximum Gasteiger partial charge on any atom is 0.116 e. The van der Waals surface area contributed by atoms with Crippen molar-refractivity contribution in [3.8, 4) is 0 Å². The highest BCUT2D eigenvalue weighted by Crippen LogP contribution is 1.43. The molecule has 5 heteroatoms. The van der Waals surface area contributed by atoms with Gasteiger partial charge in [0.1, 0.15) is 12.7 Å². The van der Waals surface area contributed by atoms with Gasteiger partial charge < -0.3 is 10.1 Å². The van der Waals surface area contributed by atoms with Gasteiger partial charge in [0, 0.05) is 0 Å². The molecule has 1 aromatic heterocycles. The molecule has 44 valence electrons. The Hall–Kier alpha value is -1.13. The van der Waals surface area contributed by atoms with Gasteiger partial charge in [-0.2, -0.15) is 9.90 Å². The smallest absolute Gasteiger partial charge is 0.116 e. The van der Waals surface area contributed by atoms with E-state index in [2.05, 4.69) is 10.3 Å². The number of nitrogens with zero attached hydrogens (tertiary/aromatic N) is 4. The van der Waals surface area contributed by atoms with Gasteiger partial charge in [-0.15, -0.1) is 5.21 Å². The number of tetrazole rings is 1. The summed E-state index contributed by atoms with van der Waals surface area (Å²) >= 11 is 0. The highest BCUT2D eigenvalue weighted by Gasteiger charge is 1.80. The van der Waals surface area contributed by atoms with Gasteiger partial charge in [-0.25, -0.2) is 0 Å². The van der Waals surface area contributed by atoms with Gasteiger partial charge in [-0.05, 0) is 7.05 Å². The third-order valence-corrected chi connectivity index (χ3v) is 0.810. The first-order valence-corrected chi connectivity index (χ1v) is 2.19. The summed E-state index contributed by atoms with van der Waals surface area (Å²) in [6, 6.07) is 0. The van der Waals surface area contributed by atoms with Crippen molar-refractivity contribution in [2.45, 2.75) is 0 Å². The largest absolute Gasteiger partial charge is 0.371 e. The molecule has 0 saturated heterocycles. The van der Waals surface area contributed by atoms with Crippen LogP contribution in [0.4, 0.5) is 0 Å². The Morgan fingerprint density at radius 3 is 2.62 bits per heavy atom. The molecule has 1 rings (SSSR count). The molecule has 0 spiro atoms. The van der Waals surface area contributed by atoms with Crippen LogP contribution in [0.3, 0.4) is 0 Å². The van der Waals surface area contributed by atoms with Gasteiger partial charge in [-0.1, -0.05) is 0 Å². The average Bonchev–Trinajstić information content (AvgIpc) is 1.85. The van der Waals surface area contributed by atoms with Gasteiger partial charge in [0.25, 0.3) is 0 Å². The monoisotopic (exact) mass is 113 g/mol. The number of hydrogen-bond donors (Lipinski definition) is 1. The topological polar surface area (TPSA) is 59.6 Å². The Kier molecular flexibility index (Phi) is 0.896. The van der Waals surface area contributed by atoms with Crippen LogP contribution in [0.2, 0.25) is 0 Å². The molecule has 0 aliphatic heterocycles. The summed E-state index contributed by atoms with van der Waals surface area (Å²) in [6.07, 6.45) is 0. The van der Waals surface area contributed by atoms with Crippen LogP contribution in [0.15, 0.2) is 0 Å². The molecule has 0 amide bonds. The van der Waals surface area contributed by atoms with Gasteiger partial charge >= 0.3 is 0 Å². The third-order valence-electron chi connectivity index (χ3n) is 0.810. The SMILES string of the molecule is Cn1n[n+](C)[n-]c1=N. The lowest BCUT2D eigenvalue weighted by atomic mass is 11.1. The van der Waals surface area contributed by atoms with Crippen LogP contribution >= 0.6 is 0 Å². The van der Waals surface area contributed by atoms with Crippen molar-refractivity contribution < 1.29 is 4.80 Å². The Bertz CT molecular complexity index is 230. The fourth-order valence-electron chi connectivity index (χ4n) is 0.458. The zero-order valence-electron chi connectivity index (χ0n) is 4.79. The van der Waals surface area contributed by atoms with E-state index in [4.69, 9.17) is 5.41 Å². The molecule has 0 saturated carbocycles. The molecule has 0 aliphatic carbocycles. The summed E-state index contributed by atoms with van der Waals surface area (Å²) in [4.78, 5) is 1.35. The molecule has 1 heterocycles. The zero-order chi connectivity index (χ0) is 6.15. The Morgan fingerprint density at radius 2 is 2.50 bits per heavy atom. The second kappa shape index (κ2) is 1.43. The maximum absolute atomic E-state index is 7.01. The van der Waals surface area contributed by atoms with Gasteiger partial charge in [0.05, 0.1) is 0 Å². The quantitative estimate of drug-likeness (QED) is 0.384. The molecular weight excluding hydrogens is 106 g/mol. The molecule has 1 aromatic rings. The highest BCUT2D eigenvalue weighted by atomic mass is 15.6. The Labute approximate surface area is 46.0 Å². The first kappa shape index (κ1) is 5.02. The summed E-state index contributed by atoms with van der Waals surface area (Å²) in [5, 5.41) is 14.4. The minimum Gasteiger partial charge on any atom is -0.371 e. The van der Waals surface area contributed by atoms with E-state index in [0.29, 0.717) is 0 Å². The van der Waals surface area contributed by atoms with Gasteiger partial charge in [0.2, 0.25) is 0 Å². The molecule has 8 heavy (non-hydrogen) atoms. The van der Waals surface area contributed by atoms with E-state index in [0.717, 1.165) is 0 Å². The molecule has 0 unspecified atom stereocenters. The lowest BCUT2D eigenvalue weighted by molar-refractivity contribution is -0.790. The predicted octanol–water partition coefficient (Wildman–Crippen LogP) is -2.32. The molecular formula is C3H7N5. The average molecular weight is 113 g/mol. The van der Waals surface area contributed by atoms with E-state index < -0.39 is 0 Å². The molecule has 5 nitrogen and oxygen atoms in total. The maximum atomic E-state index is 7.01. The van der Waals surface area contributed by atoms with Crippen LogP contribution in [-0.4, -0.2) is 9.90 Å². The van der Waals surface area contributed by atoms with Crippen LogP contribution in [0.1, 0.15) is 0 Å². The zero-order valence-corrected chi connectivity index (χ0v) is 4.79. The lowest BCUT2D eigenvalue weighted by Crippen LogP contribution is -2.37. The lowest BCUT2D eigenvalue weighted by Gasteiger charge is -1.85. The molecule has 0 atom stereocenters. The third kappa shape index (κ3) is 0.617. The summed E-state index contributed by atoms with van der Waals surface area (Å²) in [5.74, 6) is 0. The minimum atomic E-state index is 0.174. The van der Waals surface area contributed by atoms with Crippen LogP contribution in [0.5, 0.6) is 0 Å². The fourth-order valence-corrected chi connectivity index (χ4v) is 0.458. The van der Waals surface area contributed by atoms with E-state index in [1.165, 1.54) is 9.48 Å². The number of nitrogens with one attached hydrogen (secondary N) is 1. The fraction of sp³-hybridized carbons (Fsp3) is 0.667. The van der Waals surface area contributed by atoms with Crippen molar-refractivity contribution in [1.29, 1.82) is 5.41 Å². The standard InChI is InChI=1S/C3H7N5/c1-7-3(4)5-8(2)6-7/h4H,1-2H3. The van der Waals surface area contributed by atoms with Crippen LogP contribution in [-0.2, 0) is 14.1 Å². The number of aromatic nitrogens is 4. The van der Waals surface area contributed by atoms with Gasteiger partial charge in [-0.3, -0.25) is 0 Å². The normalized spacial score (nSPS) is 9.75. The minimum absolute atomic E-state index is 0.174. The summed E-state index contributed by atoms with van der Waals surface area (Å²) in [5.41, 5.74) is 0.174. The van der Waals surface area contributed by atoms with E-state index in [-0.39, 0.29) is 5.62 Å². The first-order valence-electron chi connectivity index (χ1n) is 2.19. The predicted molar refractivity (Wildman–Crippen MR) is 23.6 cm³/mol. The number of aryl methyl sites for hydroxylation is 2. The van der Waals surface area contributed by atoms with Gasteiger partial charge in [0.15, 0.2) is 0 Å². The van der Waals surface area contributed by atoms with E-state index in [9.17, 15) is 0 Å². The van der Waals surface area contributed by atoms with Crippen molar-refractivity contribution in [2.24, 2.45) is 14.1 Å². The molecule has 0 radical (unpaired) electrons. The van der Waals surface area contributed by atoms with Crippen LogP contribution < -0.4 is 15.5 Å².